The van der Waals surface area contributed by atoms with Crippen LogP contribution in [-0.2, 0) is 11.2 Å². The number of ether oxygens (including phenoxy) is 1. The van der Waals surface area contributed by atoms with Gasteiger partial charge >= 0.3 is 0 Å². The zero-order valence-corrected chi connectivity index (χ0v) is 16.0. The standard InChI is InChI=1S/C23H25NO5/c24-11-17-8-7-16(23-22(28)21(27)20(26)19(12-25)29-23)10-18(17)9-13-1-3-14(4-2-13)15-5-6-15/h1-4,7-8,10,15,19-23,25-28H,5-6,9,12H2/t19-,20-,21?,22-,23+/m1/s1. The molecule has 0 aromatic heterocycles. The molecule has 1 aliphatic heterocycles. The zero-order chi connectivity index (χ0) is 20.5. The Morgan fingerprint density at radius 1 is 0.931 bits per heavy atom. The highest BCUT2D eigenvalue weighted by molar-refractivity contribution is 5.44. The second kappa shape index (κ2) is 8.23. The lowest BCUT2D eigenvalue weighted by Crippen LogP contribution is -2.55. The van der Waals surface area contributed by atoms with Gasteiger partial charge in [-0.3, -0.25) is 0 Å². The Labute approximate surface area is 169 Å². The van der Waals surface area contributed by atoms with Gasteiger partial charge in [-0.25, -0.2) is 0 Å². The molecule has 1 saturated heterocycles. The summed E-state index contributed by atoms with van der Waals surface area (Å²) in [4.78, 5) is 0. The SMILES string of the molecule is N#Cc1ccc([C@@H]2O[C@H](CO)[C@@H](O)C(O)[C@H]2O)cc1Cc1ccc(C2CC2)cc1. The first-order chi connectivity index (χ1) is 14.0. The summed E-state index contributed by atoms with van der Waals surface area (Å²) in [7, 11) is 0. The van der Waals surface area contributed by atoms with Gasteiger partial charge in [0.05, 0.1) is 18.2 Å². The van der Waals surface area contributed by atoms with Crippen molar-refractivity contribution in [2.24, 2.45) is 0 Å². The fourth-order valence-electron chi connectivity index (χ4n) is 3.97. The maximum absolute atomic E-state index is 10.4. The molecule has 5 atom stereocenters. The quantitative estimate of drug-likeness (QED) is 0.611. The van der Waals surface area contributed by atoms with Gasteiger partial charge in [0, 0.05) is 0 Å². The van der Waals surface area contributed by atoms with E-state index in [2.05, 4.69) is 30.3 Å². The second-order valence-electron chi connectivity index (χ2n) is 7.97. The Kier molecular flexibility index (Phi) is 5.68. The van der Waals surface area contributed by atoms with E-state index in [-0.39, 0.29) is 0 Å². The number of aliphatic hydroxyl groups is 4. The third-order valence-electron chi connectivity index (χ3n) is 5.89. The molecule has 0 radical (unpaired) electrons. The van der Waals surface area contributed by atoms with Gasteiger partial charge in [-0.2, -0.15) is 5.26 Å². The molecule has 6 heteroatoms. The number of aliphatic hydroxyl groups excluding tert-OH is 4. The summed E-state index contributed by atoms with van der Waals surface area (Å²) in [5, 5.41) is 49.3. The van der Waals surface area contributed by atoms with Crippen molar-refractivity contribution in [3.05, 3.63) is 70.3 Å². The molecule has 0 spiro atoms. The molecule has 1 aliphatic carbocycles. The van der Waals surface area contributed by atoms with Gasteiger partial charge in [0.15, 0.2) is 0 Å². The molecular formula is C23H25NO5. The van der Waals surface area contributed by atoms with Crippen LogP contribution in [0.15, 0.2) is 42.5 Å². The summed E-state index contributed by atoms with van der Waals surface area (Å²) in [6.45, 7) is -0.474. The Balaban J connectivity index is 1.60. The van der Waals surface area contributed by atoms with Crippen LogP contribution in [0.25, 0.3) is 0 Å². The van der Waals surface area contributed by atoms with Crippen LogP contribution in [0.1, 0.15) is 52.7 Å². The lowest BCUT2D eigenvalue weighted by Gasteiger charge is -2.40. The summed E-state index contributed by atoms with van der Waals surface area (Å²) < 4.78 is 5.65. The molecule has 29 heavy (non-hydrogen) atoms. The smallest absolute Gasteiger partial charge is 0.113 e. The normalized spacial score (nSPS) is 29.4. The molecule has 4 rings (SSSR count). The van der Waals surface area contributed by atoms with Gasteiger partial charge in [-0.05, 0) is 53.5 Å². The summed E-state index contributed by atoms with van der Waals surface area (Å²) in [6.07, 6.45) is -2.99. The van der Waals surface area contributed by atoms with Crippen molar-refractivity contribution in [1.82, 2.24) is 0 Å². The summed E-state index contributed by atoms with van der Waals surface area (Å²) in [5.74, 6) is 0.688. The molecule has 1 heterocycles. The predicted octanol–water partition coefficient (Wildman–Crippen LogP) is 1.54. The van der Waals surface area contributed by atoms with E-state index in [0.29, 0.717) is 23.5 Å². The Morgan fingerprint density at radius 3 is 2.24 bits per heavy atom. The molecule has 4 N–H and O–H groups in total. The van der Waals surface area contributed by atoms with Crippen molar-refractivity contribution < 1.29 is 25.2 Å². The molecule has 6 nitrogen and oxygen atoms in total. The average Bonchev–Trinajstić information content (AvgIpc) is 3.58. The summed E-state index contributed by atoms with van der Waals surface area (Å²) >= 11 is 0. The van der Waals surface area contributed by atoms with E-state index in [1.807, 2.05) is 0 Å². The monoisotopic (exact) mass is 395 g/mol. The average molecular weight is 395 g/mol. The van der Waals surface area contributed by atoms with Crippen molar-refractivity contribution in [3.63, 3.8) is 0 Å². The van der Waals surface area contributed by atoms with E-state index in [9.17, 15) is 25.7 Å². The molecule has 2 fully saturated rings. The predicted molar refractivity (Wildman–Crippen MR) is 105 cm³/mol. The van der Waals surface area contributed by atoms with Gasteiger partial charge in [0.25, 0.3) is 0 Å². The Hall–Kier alpha value is -2.27. The van der Waals surface area contributed by atoms with Crippen molar-refractivity contribution in [3.8, 4) is 6.07 Å². The van der Waals surface area contributed by atoms with Crippen LogP contribution in [0.3, 0.4) is 0 Å². The molecule has 2 aromatic carbocycles. The lowest BCUT2D eigenvalue weighted by atomic mass is 9.89. The lowest BCUT2D eigenvalue weighted by molar-refractivity contribution is -0.231. The number of nitrogens with zero attached hydrogens (tertiary/aromatic N) is 1. The van der Waals surface area contributed by atoms with Crippen LogP contribution in [0.5, 0.6) is 0 Å². The number of hydrogen-bond acceptors (Lipinski definition) is 6. The van der Waals surface area contributed by atoms with Crippen LogP contribution in [0, 0.1) is 11.3 Å². The maximum atomic E-state index is 10.4. The van der Waals surface area contributed by atoms with Crippen molar-refractivity contribution in [2.45, 2.75) is 55.7 Å². The number of hydrogen-bond donors (Lipinski definition) is 4. The van der Waals surface area contributed by atoms with Crippen LogP contribution in [0.2, 0.25) is 0 Å². The van der Waals surface area contributed by atoms with Crippen molar-refractivity contribution in [1.29, 1.82) is 5.26 Å². The molecule has 2 aliphatic rings. The Morgan fingerprint density at radius 2 is 1.62 bits per heavy atom. The first kappa shape index (κ1) is 20.0. The van der Waals surface area contributed by atoms with E-state index < -0.39 is 37.1 Å². The summed E-state index contributed by atoms with van der Waals surface area (Å²) in [5.41, 5.74) is 4.34. The minimum atomic E-state index is -1.43. The Bertz CT molecular complexity index is 900. The molecular weight excluding hydrogens is 370 g/mol. The molecule has 152 valence electrons. The minimum Gasteiger partial charge on any atom is -0.394 e. The highest BCUT2D eigenvalue weighted by Gasteiger charge is 2.44. The first-order valence-electron chi connectivity index (χ1n) is 9.94. The zero-order valence-electron chi connectivity index (χ0n) is 16.0. The van der Waals surface area contributed by atoms with E-state index in [1.165, 1.54) is 18.4 Å². The van der Waals surface area contributed by atoms with Gasteiger partial charge in [0.1, 0.15) is 30.5 Å². The second-order valence-corrected chi connectivity index (χ2v) is 7.97. The highest BCUT2D eigenvalue weighted by atomic mass is 16.5. The molecule has 0 amide bonds. The number of benzene rings is 2. The van der Waals surface area contributed by atoms with Crippen LogP contribution < -0.4 is 0 Å². The summed E-state index contributed by atoms with van der Waals surface area (Å²) in [6, 6.07) is 15.8. The van der Waals surface area contributed by atoms with Crippen LogP contribution in [-0.4, -0.2) is 51.4 Å². The minimum absolute atomic E-state index is 0.474. The van der Waals surface area contributed by atoms with Crippen molar-refractivity contribution in [2.75, 3.05) is 6.61 Å². The van der Waals surface area contributed by atoms with Gasteiger partial charge in [-0.1, -0.05) is 36.4 Å². The van der Waals surface area contributed by atoms with Crippen molar-refractivity contribution >= 4 is 0 Å². The van der Waals surface area contributed by atoms with E-state index in [1.54, 1.807) is 18.2 Å². The van der Waals surface area contributed by atoms with E-state index in [4.69, 9.17) is 4.74 Å². The number of rotatable bonds is 5. The highest BCUT2D eigenvalue weighted by Crippen LogP contribution is 2.40. The van der Waals surface area contributed by atoms with Gasteiger partial charge in [-0.15, -0.1) is 0 Å². The first-order valence-corrected chi connectivity index (χ1v) is 9.94. The van der Waals surface area contributed by atoms with E-state index in [0.717, 1.165) is 11.1 Å². The van der Waals surface area contributed by atoms with E-state index >= 15 is 0 Å². The molecule has 1 saturated carbocycles. The topological polar surface area (TPSA) is 114 Å². The fourth-order valence-corrected chi connectivity index (χ4v) is 3.97. The van der Waals surface area contributed by atoms with Crippen LogP contribution in [0.4, 0.5) is 0 Å². The third kappa shape index (κ3) is 4.06. The molecule has 0 bridgehead atoms. The number of nitriles is 1. The fraction of sp³-hybridized carbons (Fsp3) is 0.435. The largest absolute Gasteiger partial charge is 0.394 e. The maximum Gasteiger partial charge on any atom is 0.113 e. The third-order valence-corrected chi connectivity index (χ3v) is 5.89. The van der Waals surface area contributed by atoms with Gasteiger partial charge < -0.3 is 25.2 Å². The van der Waals surface area contributed by atoms with Crippen LogP contribution >= 0.6 is 0 Å². The molecule has 2 aromatic rings. The molecule has 1 unspecified atom stereocenters. The van der Waals surface area contributed by atoms with Gasteiger partial charge in [0.2, 0.25) is 0 Å².